The number of hydrogen-bond donors (Lipinski definition) is 2. The van der Waals surface area contributed by atoms with Crippen molar-refractivity contribution in [2.45, 2.75) is 38.2 Å². The Kier molecular flexibility index (Phi) is 5.95. The smallest absolute Gasteiger partial charge is 0.251 e. The highest BCUT2D eigenvalue weighted by Crippen LogP contribution is 2.26. The van der Waals surface area contributed by atoms with Crippen LogP contribution in [0, 0.1) is 5.92 Å². The number of fused-ring (bicyclic) bond motifs is 1. The van der Waals surface area contributed by atoms with Gasteiger partial charge in [-0.3, -0.25) is 9.59 Å². The standard InChI is InChI=1S/C26H29N3O3/c30-25(19-12-14-29(15-13-19)26(31)24-7-3-4-16-32-24)27-21-10-8-18(9-11-21)23-17-20-5-1-2-6-22(20)28-23/h1-2,5-6,8-11,17,19,24,28H,3-4,7,12-16H2,(H,27,30)/t24-/m1/s1. The van der Waals surface area contributed by atoms with E-state index in [1.165, 1.54) is 5.39 Å². The fourth-order valence-corrected chi connectivity index (χ4v) is 4.71. The third-order valence-electron chi connectivity index (χ3n) is 6.63. The van der Waals surface area contributed by atoms with Gasteiger partial charge in [0.05, 0.1) is 0 Å². The highest BCUT2D eigenvalue weighted by molar-refractivity contribution is 5.93. The molecule has 3 aromatic rings. The van der Waals surface area contributed by atoms with E-state index in [1.54, 1.807) is 0 Å². The summed E-state index contributed by atoms with van der Waals surface area (Å²) < 4.78 is 5.63. The zero-order chi connectivity index (χ0) is 21.9. The summed E-state index contributed by atoms with van der Waals surface area (Å²) in [6, 6.07) is 18.3. The maximum absolute atomic E-state index is 12.8. The van der Waals surface area contributed by atoms with Gasteiger partial charge in [-0.25, -0.2) is 0 Å². The molecule has 1 aromatic heterocycles. The van der Waals surface area contributed by atoms with Crippen molar-refractivity contribution in [2.75, 3.05) is 25.0 Å². The van der Waals surface area contributed by atoms with Crippen LogP contribution >= 0.6 is 0 Å². The fraction of sp³-hybridized carbons (Fsp3) is 0.385. The van der Waals surface area contributed by atoms with Crippen molar-refractivity contribution in [3.63, 3.8) is 0 Å². The summed E-state index contributed by atoms with van der Waals surface area (Å²) in [6.45, 7) is 1.92. The van der Waals surface area contributed by atoms with E-state index in [9.17, 15) is 9.59 Å². The zero-order valence-corrected chi connectivity index (χ0v) is 18.2. The summed E-state index contributed by atoms with van der Waals surface area (Å²) in [5.74, 6) is 0.0557. The van der Waals surface area contributed by atoms with Gasteiger partial charge in [0.2, 0.25) is 5.91 Å². The number of H-pyrrole nitrogens is 1. The largest absolute Gasteiger partial charge is 0.368 e. The molecule has 0 saturated carbocycles. The Balaban J connectivity index is 1.15. The average molecular weight is 432 g/mol. The van der Waals surface area contributed by atoms with Gasteiger partial charge >= 0.3 is 0 Å². The maximum Gasteiger partial charge on any atom is 0.251 e. The summed E-state index contributed by atoms with van der Waals surface area (Å²) >= 11 is 0. The first-order chi connectivity index (χ1) is 15.7. The first kappa shape index (κ1) is 20.8. The molecule has 0 bridgehead atoms. The third kappa shape index (κ3) is 4.41. The average Bonchev–Trinajstić information content (AvgIpc) is 3.29. The normalized spacial score (nSPS) is 19.8. The molecule has 5 rings (SSSR count). The van der Waals surface area contributed by atoms with E-state index < -0.39 is 0 Å². The zero-order valence-electron chi connectivity index (χ0n) is 18.2. The summed E-state index contributed by atoms with van der Waals surface area (Å²) in [6.07, 6.45) is 4.00. The molecule has 2 aliphatic rings. The molecular formula is C26H29N3O3. The lowest BCUT2D eigenvalue weighted by molar-refractivity contribution is -0.148. The van der Waals surface area contributed by atoms with Crippen molar-refractivity contribution in [1.82, 2.24) is 9.88 Å². The Hall–Kier alpha value is -3.12. The predicted octanol–water partition coefficient (Wildman–Crippen LogP) is 4.58. The number of hydrogen-bond acceptors (Lipinski definition) is 3. The molecule has 6 heteroatoms. The summed E-state index contributed by atoms with van der Waals surface area (Å²) in [4.78, 5) is 30.7. The second-order valence-corrected chi connectivity index (χ2v) is 8.79. The van der Waals surface area contributed by atoms with Gasteiger partial charge in [-0.05, 0) is 61.9 Å². The minimum Gasteiger partial charge on any atom is -0.368 e. The highest BCUT2D eigenvalue weighted by Gasteiger charge is 2.32. The van der Waals surface area contributed by atoms with Gasteiger partial charge in [0.25, 0.3) is 5.91 Å². The van der Waals surface area contributed by atoms with Gasteiger partial charge in [-0.2, -0.15) is 0 Å². The SMILES string of the molecule is O=C(Nc1ccc(-c2cc3ccccc3[nH]2)cc1)C1CCN(C(=O)[C@H]2CCCCO2)CC1. The van der Waals surface area contributed by atoms with Crippen LogP contribution in [-0.2, 0) is 14.3 Å². The number of amides is 2. The van der Waals surface area contributed by atoms with E-state index in [0.717, 1.165) is 41.7 Å². The van der Waals surface area contributed by atoms with Gasteiger partial charge in [-0.15, -0.1) is 0 Å². The molecule has 2 fully saturated rings. The number of piperidine rings is 1. The Bertz CT molecular complexity index is 1060. The number of aromatic amines is 1. The van der Waals surface area contributed by atoms with Crippen LogP contribution in [0.2, 0.25) is 0 Å². The summed E-state index contributed by atoms with van der Waals surface area (Å²) in [5.41, 5.74) is 4.04. The van der Waals surface area contributed by atoms with E-state index in [4.69, 9.17) is 4.74 Å². The van der Waals surface area contributed by atoms with Crippen LogP contribution in [0.3, 0.4) is 0 Å². The topological polar surface area (TPSA) is 74.4 Å². The second kappa shape index (κ2) is 9.17. The van der Waals surface area contributed by atoms with Crippen molar-refractivity contribution in [1.29, 1.82) is 0 Å². The van der Waals surface area contributed by atoms with Crippen LogP contribution in [0.5, 0.6) is 0 Å². The Morgan fingerprint density at radius 2 is 1.75 bits per heavy atom. The molecule has 32 heavy (non-hydrogen) atoms. The van der Waals surface area contributed by atoms with Crippen LogP contribution in [0.15, 0.2) is 54.6 Å². The molecule has 166 valence electrons. The highest BCUT2D eigenvalue weighted by atomic mass is 16.5. The van der Waals surface area contributed by atoms with Gasteiger partial charge < -0.3 is 19.9 Å². The number of nitrogens with zero attached hydrogens (tertiary/aromatic N) is 1. The maximum atomic E-state index is 12.8. The van der Waals surface area contributed by atoms with Crippen LogP contribution in [-0.4, -0.2) is 47.5 Å². The molecular weight excluding hydrogens is 402 g/mol. The first-order valence-corrected chi connectivity index (χ1v) is 11.6. The molecule has 2 saturated heterocycles. The number of aromatic nitrogens is 1. The van der Waals surface area contributed by atoms with Crippen molar-refractivity contribution in [3.05, 3.63) is 54.6 Å². The number of benzene rings is 2. The molecule has 3 heterocycles. The number of nitrogens with one attached hydrogen (secondary N) is 2. The molecule has 6 nitrogen and oxygen atoms in total. The molecule has 0 radical (unpaired) electrons. The van der Waals surface area contributed by atoms with Gasteiger partial charge in [0.1, 0.15) is 6.10 Å². The number of carbonyl (C=O) groups excluding carboxylic acids is 2. The summed E-state index contributed by atoms with van der Waals surface area (Å²) in [7, 11) is 0. The minimum atomic E-state index is -0.287. The lowest BCUT2D eigenvalue weighted by atomic mass is 9.95. The predicted molar refractivity (Wildman–Crippen MR) is 125 cm³/mol. The molecule has 2 amide bonds. The van der Waals surface area contributed by atoms with E-state index >= 15 is 0 Å². The van der Waals surface area contributed by atoms with E-state index in [0.29, 0.717) is 32.5 Å². The number of ether oxygens (including phenoxy) is 1. The molecule has 0 aliphatic carbocycles. The third-order valence-corrected chi connectivity index (χ3v) is 6.63. The van der Waals surface area contributed by atoms with Crippen LogP contribution in [0.25, 0.3) is 22.2 Å². The molecule has 0 unspecified atom stereocenters. The van der Waals surface area contributed by atoms with Crippen molar-refractivity contribution in [3.8, 4) is 11.3 Å². The lowest BCUT2D eigenvalue weighted by Crippen LogP contribution is -2.47. The Morgan fingerprint density at radius 1 is 0.969 bits per heavy atom. The Morgan fingerprint density at radius 3 is 2.47 bits per heavy atom. The minimum absolute atomic E-state index is 0.0318. The number of rotatable bonds is 4. The van der Waals surface area contributed by atoms with Crippen LogP contribution in [0.1, 0.15) is 32.1 Å². The van der Waals surface area contributed by atoms with Crippen molar-refractivity contribution in [2.24, 2.45) is 5.92 Å². The monoisotopic (exact) mass is 431 g/mol. The number of likely N-dealkylation sites (tertiary alicyclic amines) is 1. The Labute approximate surface area is 187 Å². The van der Waals surface area contributed by atoms with Gasteiger partial charge in [0.15, 0.2) is 0 Å². The molecule has 2 N–H and O–H groups in total. The molecule has 1 atom stereocenters. The first-order valence-electron chi connectivity index (χ1n) is 11.6. The number of para-hydroxylation sites is 1. The van der Waals surface area contributed by atoms with Gasteiger partial charge in [-0.1, -0.05) is 30.3 Å². The molecule has 0 spiro atoms. The number of carbonyl (C=O) groups is 2. The van der Waals surface area contributed by atoms with Crippen molar-refractivity contribution < 1.29 is 14.3 Å². The van der Waals surface area contributed by atoms with Gasteiger partial charge in [0, 0.05) is 47.9 Å². The van der Waals surface area contributed by atoms with Crippen LogP contribution in [0.4, 0.5) is 5.69 Å². The van der Waals surface area contributed by atoms with E-state index in [2.05, 4.69) is 28.5 Å². The molecule has 2 aliphatic heterocycles. The fourth-order valence-electron chi connectivity index (χ4n) is 4.71. The second-order valence-electron chi connectivity index (χ2n) is 8.79. The number of anilines is 1. The van der Waals surface area contributed by atoms with E-state index in [1.807, 2.05) is 41.3 Å². The lowest BCUT2D eigenvalue weighted by Gasteiger charge is -2.34. The quantitative estimate of drug-likeness (QED) is 0.635. The van der Waals surface area contributed by atoms with Crippen LogP contribution < -0.4 is 5.32 Å². The van der Waals surface area contributed by atoms with Crippen molar-refractivity contribution >= 4 is 28.4 Å². The molecule has 2 aromatic carbocycles. The summed E-state index contributed by atoms with van der Waals surface area (Å²) in [5, 5.41) is 4.23. The van der Waals surface area contributed by atoms with E-state index in [-0.39, 0.29) is 23.8 Å².